The van der Waals surface area contributed by atoms with Crippen molar-refractivity contribution in [3.8, 4) is 0 Å². The van der Waals surface area contributed by atoms with Gasteiger partial charge in [0.05, 0.1) is 24.8 Å². The molecule has 0 fully saturated rings. The molecule has 47 heavy (non-hydrogen) atoms. The topological polar surface area (TPSA) is 133 Å². The summed E-state index contributed by atoms with van der Waals surface area (Å²) in [6.07, 6.45) is 25.7. The maximum absolute atomic E-state index is 11.6. The van der Waals surface area contributed by atoms with Gasteiger partial charge in [-0.2, -0.15) is 0 Å². The molecule has 0 N–H and O–H groups in total. The third-order valence-electron chi connectivity index (χ3n) is 8.53. The zero-order valence-electron chi connectivity index (χ0n) is 31.4. The van der Waals surface area contributed by atoms with E-state index in [1.807, 2.05) is 13.8 Å². The molecule has 0 aromatic rings. The second-order valence-corrected chi connectivity index (χ2v) is 13.6. The van der Waals surface area contributed by atoms with Crippen molar-refractivity contribution in [1.29, 1.82) is 0 Å². The summed E-state index contributed by atoms with van der Waals surface area (Å²) in [6.45, 7) is 12.5. The first-order valence-electron chi connectivity index (χ1n) is 18.7. The minimum Gasteiger partial charge on any atom is -0.550 e. The van der Waals surface area contributed by atoms with Crippen LogP contribution in [0.3, 0.4) is 0 Å². The maximum atomic E-state index is 11.6. The summed E-state index contributed by atoms with van der Waals surface area (Å²) in [5.74, 6) is -4.11. The van der Waals surface area contributed by atoms with Crippen LogP contribution in [0.4, 0.5) is 0 Å². The predicted molar refractivity (Wildman–Crippen MR) is 187 cm³/mol. The minimum absolute atomic E-state index is 0. The van der Waals surface area contributed by atoms with Crippen LogP contribution in [0.1, 0.15) is 208 Å². The van der Waals surface area contributed by atoms with E-state index in [0.717, 1.165) is 77.0 Å². The molecule has 0 aromatic carbocycles. The van der Waals surface area contributed by atoms with Gasteiger partial charge in [-0.3, -0.25) is 9.59 Å². The van der Waals surface area contributed by atoms with Gasteiger partial charge in [0.1, 0.15) is 11.2 Å². The van der Waals surface area contributed by atoms with Crippen LogP contribution >= 0.6 is 0 Å². The Morgan fingerprint density at radius 2 is 0.660 bits per heavy atom. The third kappa shape index (κ3) is 34.3. The quantitative estimate of drug-likeness (QED) is 0.0324. The summed E-state index contributed by atoms with van der Waals surface area (Å²) in [7, 11) is 0. The average Bonchev–Trinajstić information content (AvgIpc) is 2.97. The molecule has 9 heteroatoms. The Morgan fingerprint density at radius 1 is 0.426 bits per heavy atom. The predicted octanol–water partition coefficient (Wildman–Crippen LogP) is 7.92. The molecule has 0 saturated heterocycles. The van der Waals surface area contributed by atoms with Crippen molar-refractivity contribution >= 4 is 46.9 Å². The number of hydrogen-bond donors (Lipinski definition) is 0. The first-order chi connectivity index (χ1) is 21.9. The zero-order chi connectivity index (χ0) is 35.1. The van der Waals surface area contributed by atoms with Crippen molar-refractivity contribution in [2.45, 2.75) is 220 Å². The fraction of sp³-hybridized carbons (Fsp3) is 0.895. The number of carbonyl (C=O) groups excluding carboxylic acids is 4. The zero-order valence-corrected chi connectivity index (χ0v) is 32.8. The number of aliphatic carboxylic acids is 2. The van der Waals surface area contributed by atoms with Crippen molar-refractivity contribution in [1.82, 2.24) is 0 Å². The molecule has 8 nitrogen and oxygen atoms in total. The van der Waals surface area contributed by atoms with Gasteiger partial charge < -0.3 is 29.3 Å². The van der Waals surface area contributed by atoms with Crippen molar-refractivity contribution in [3.05, 3.63) is 0 Å². The van der Waals surface area contributed by atoms with Crippen LogP contribution < -0.4 is 10.2 Å². The van der Waals surface area contributed by atoms with Crippen LogP contribution in [0.15, 0.2) is 0 Å². The van der Waals surface area contributed by atoms with Crippen molar-refractivity contribution < 1.29 is 38.9 Å². The van der Waals surface area contributed by atoms with Gasteiger partial charge in [-0.15, -0.1) is 0 Å². The van der Waals surface area contributed by atoms with Gasteiger partial charge in [0.25, 0.3) is 0 Å². The standard InChI is InChI=1S/2C19H36O4.Mg/c2*1-4-6-8-9-10-11-12-13-15-19(3,14-7-5-2)23-18(22)16-17(20)21;/h2*4-16H2,1-3H3,(H,20,21);/q;;+2/p-2. The first-order valence-corrected chi connectivity index (χ1v) is 18.7. The number of carboxylic acids is 2. The molecule has 0 aliphatic heterocycles. The Kier molecular flexibility index (Phi) is 35.3. The van der Waals surface area contributed by atoms with Crippen molar-refractivity contribution in [2.75, 3.05) is 0 Å². The van der Waals surface area contributed by atoms with E-state index in [2.05, 4.69) is 27.7 Å². The molecular formula is C38H70MgO8. The molecule has 0 heterocycles. The fourth-order valence-corrected chi connectivity index (χ4v) is 5.68. The summed E-state index contributed by atoms with van der Waals surface area (Å²) in [5.41, 5.74) is -1.07. The fourth-order valence-electron chi connectivity index (χ4n) is 5.68. The number of hydrogen-bond acceptors (Lipinski definition) is 8. The van der Waals surface area contributed by atoms with Crippen molar-refractivity contribution in [2.24, 2.45) is 0 Å². The van der Waals surface area contributed by atoms with E-state index >= 15 is 0 Å². The second-order valence-electron chi connectivity index (χ2n) is 13.6. The number of carbonyl (C=O) groups is 4. The molecule has 0 bridgehead atoms. The summed E-state index contributed by atoms with van der Waals surface area (Å²) < 4.78 is 10.9. The maximum Gasteiger partial charge on any atom is 2.00 e. The van der Waals surface area contributed by atoms with Crippen LogP contribution in [0, 0.1) is 0 Å². The number of ether oxygens (including phenoxy) is 2. The van der Waals surface area contributed by atoms with E-state index < -0.39 is 47.9 Å². The molecule has 2 atom stereocenters. The molecule has 0 rings (SSSR count). The SMILES string of the molecule is CCCCCCCCCCC(C)(CCCC)OC(=O)CC(=O)[O-].CCCCCCCCCCC(C)(CCCC)OC(=O)CC(=O)[O-].[Mg+2]. The Bertz CT molecular complexity index is 726. The number of rotatable bonds is 30. The van der Waals surface area contributed by atoms with Gasteiger partial charge in [0.2, 0.25) is 0 Å². The van der Waals surface area contributed by atoms with Crippen LogP contribution in [0.5, 0.6) is 0 Å². The number of unbranched alkanes of at least 4 members (excludes halogenated alkanes) is 16. The average molecular weight is 679 g/mol. The largest absolute Gasteiger partial charge is 2.00 e. The molecular weight excluding hydrogens is 609 g/mol. The van der Waals surface area contributed by atoms with Crippen molar-refractivity contribution in [3.63, 3.8) is 0 Å². The Labute approximate surface area is 304 Å². The molecule has 0 spiro atoms. The summed E-state index contributed by atoms with van der Waals surface area (Å²) in [4.78, 5) is 44.3. The first kappa shape index (κ1) is 50.0. The van der Waals surface area contributed by atoms with Gasteiger partial charge in [0.15, 0.2) is 0 Å². The Morgan fingerprint density at radius 3 is 0.915 bits per heavy atom. The second kappa shape index (κ2) is 33.2. The number of carboxylic acid groups (broad SMARTS) is 2. The van der Waals surface area contributed by atoms with E-state index in [1.165, 1.54) is 77.0 Å². The van der Waals surface area contributed by atoms with Crippen LogP contribution in [0.2, 0.25) is 0 Å². The van der Waals surface area contributed by atoms with Crippen LogP contribution in [0.25, 0.3) is 0 Å². The molecule has 2 unspecified atom stereocenters. The minimum atomic E-state index is -1.38. The van der Waals surface area contributed by atoms with E-state index in [0.29, 0.717) is 0 Å². The summed E-state index contributed by atoms with van der Waals surface area (Å²) >= 11 is 0. The molecule has 0 radical (unpaired) electrons. The number of esters is 2. The van der Waals surface area contributed by atoms with E-state index in [4.69, 9.17) is 9.47 Å². The molecule has 0 aliphatic rings. The van der Waals surface area contributed by atoms with Gasteiger partial charge >= 0.3 is 35.0 Å². The normalized spacial score (nSPS) is 13.2. The van der Waals surface area contributed by atoms with E-state index in [1.54, 1.807) is 0 Å². The summed E-state index contributed by atoms with van der Waals surface area (Å²) in [5, 5.41) is 21.0. The molecule has 0 amide bonds. The van der Waals surface area contributed by atoms with Gasteiger partial charge in [0, 0.05) is 0 Å². The summed E-state index contributed by atoms with van der Waals surface area (Å²) in [6, 6.07) is 0. The van der Waals surface area contributed by atoms with Crippen LogP contribution in [-0.4, -0.2) is 58.1 Å². The molecule has 0 saturated carbocycles. The third-order valence-corrected chi connectivity index (χ3v) is 8.53. The van der Waals surface area contributed by atoms with E-state index in [-0.39, 0.29) is 23.1 Å². The smallest absolute Gasteiger partial charge is 0.550 e. The van der Waals surface area contributed by atoms with E-state index in [9.17, 15) is 29.4 Å². The molecule has 272 valence electrons. The monoisotopic (exact) mass is 678 g/mol. The van der Waals surface area contributed by atoms with Gasteiger partial charge in [-0.25, -0.2) is 0 Å². The Hall–Kier alpha value is -1.35. The van der Waals surface area contributed by atoms with Gasteiger partial charge in [-0.1, -0.05) is 130 Å². The molecule has 0 aliphatic carbocycles. The molecule has 0 aromatic heterocycles. The Balaban J connectivity index is -0.000000807. The van der Waals surface area contributed by atoms with Crippen LogP contribution in [-0.2, 0) is 28.7 Å². The van der Waals surface area contributed by atoms with Gasteiger partial charge in [-0.05, 0) is 65.2 Å².